The summed E-state index contributed by atoms with van der Waals surface area (Å²) in [7, 11) is 0. The van der Waals surface area contributed by atoms with E-state index in [-0.39, 0.29) is 30.3 Å². The smallest absolute Gasteiger partial charge is 0.225 e. The maximum absolute atomic E-state index is 12.5. The Morgan fingerprint density at radius 1 is 1.16 bits per heavy atom. The first kappa shape index (κ1) is 20.5. The molecule has 2 heterocycles. The second kappa shape index (κ2) is 8.61. The first-order valence-corrected chi connectivity index (χ1v) is 11.2. The number of likely N-dealkylation sites (tertiary alicyclic amines) is 1. The van der Waals surface area contributed by atoms with Crippen LogP contribution in [-0.4, -0.2) is 40.3 Å². The van der Waals surface area contributed by atoms with Crippen LogP contribution in [-0.2, 0) is 16.0 Å². The molecule has 2 aliphatic rings. The molecule has 1 N–H and O–H groups in total. The molecule has 1 saturated heterocycles. The number of aromatic nitrogens is 1. The molecule has 164 valence electrons. The molecule has 0 spiro atoms. The average molecular weight is 430 g/mol. The van der Waals surface area contributed by atoms with Crippen LogP contribution >= 0.6 is 0 Å². The molecule has 1 saturated carbocycles. The molecule has 6 heteroatoms. The van der Waals surface area contributed by atoms with Crippen LogP contribution in [0.3, 0.4) is 0 Å². The van der Waals surface area contributed by atoms with Gasteiger partial charge >= 0.3 is 0 Å². The summed E-state index contributed by atoms with van der Waals surface area (Å²) in [5, 5.41) is 3.02. The molecule has 2 amide bonds. The van der Waals surface area contributed by atoms with Crippen LogP contribution in [0.1, 0.15) is 42.2 Å². The third-order valence-electron chi connectivity index (χ3n) is 6.36. The molecular formula is C26H27N3O3. The van der Waals surface area contributed by atoms with Crippen LogP contribution in [0.25, 0.3) is 11.3 Å². The fourth-order valence-corrected chi connectivity index (χ4v) is 4.53. The van der Waals surface area contributed by atoms with Crippen molar-refractivity contribution in [3.8, 4) is 11.3 Å². The van der Waals surface area contributed by atoms with E-state index in [4.69, 9.17) is 4.42 Å². The Kier molecular flexibility index (Phi) is 5.52. The summed E-state index contributed by atoms with van der Waals surface area (Å²) in [6, 6.07) is 18.5. The first-order valence-electron chi connectivity index (χ1n) is 11.2. The minimum atomic E-state index is -0.125. The van der Waals surface area contributed by atoms with Gasteiger partial charge in [0.2, 0.25) is 11.8 Å². The van der Waals surface area contributed by atoms with E-state index in [0.717, 1.165) is 12.0 Å². The standard InChI is InChI=1S/C26H27N3O3/c1-17-7-9-19(10-8-17)23-15-27-25(32-23)12-11-24(30)28-20-13-26(31)29(16-20)22-14-21(22)18-5-3-2-4-6-18/h2-10,15,20-22H,11-14,16H2,1H3,(H,28,30)/t20-,21+,22-/m1/s1. The predicted molar refractivity (Wildman–Crippen MR) is 121 cm³/mol. The average Bonchev–Trinajstić information content (AvgIpc) is 3.30. The van der Waals surface area contributed by atoms with Gasteiger partial charge in [0, 0.05) is 43.3 Å². The monoisotopic (exact) mass is 429 g/mol. The fraction of sp³-hybridized carbons (Fsp3) is 0.346. The highest BCUT2D eigenvalue weighted by molar-refractivity contribution is 5.83. The Balaban J connectivity index is 1.10. The molecule has 5 rings (SSSR count). The Morgan fingerprint density at radius 2 is 1.94 bits per heavy atom. The summed E-state index contributed by atoms with van der Waals surface area (Å²) in [4.78, 5) is 31.2. The van der Waals surface area contributed by atoms with Crippen molar-refractivity contribution in [1.29, 1.82) is 0 Å². The summed E-state index contributed by atoms with van der Waals surface area (Å²) in [6.45, 7) is 2.63. The predicted octanol–water partition coefficient (Wildman–Crippen LogP) is 3.86. The van der Waals surface area contributed by atoms with Crippen LogP contribution in [0, 0.1) is 6.92 Å². The minimum Gasteiger partial charge on any atom is -0.441 e. The van der Waals surface area contributed by atoms with E-state index in [9.17, 15) is 9.59 Å². The van der Waals surface area contributed by atoms with Gasteiger partial charge < -0.3 is 14.6 Å². The van der Waals surface area contributed by atoms with Crippen LogP contribution < -0.4 is 5.32 Å². The van der Waals surface area contributed by atoms with E-state index in [0.29, 0.717) is 37.0 Å². The number of nitrogens with zero attached hydrogens (tertiary/aromatic N) is 2. The number of carbonyl (C=O) groups excluding carboxylic acids is 2. The molecule has 3 atom stereocenters. The van der Waals surface area contributed by atoms with Gasteiger partial charge in [-0.05, 0) is 18.9 Å². The van der Waals surface area contributed by atoms with Crippen molar-refractivity contribution in [3.63, 3.8) is 0 Å². The van der Waals surface area contributed by atoms with E-state index in [2.05, 4.69) is 22.4 Å². The number of rotatable bonds is 7. The molecule has 6 nitrogen and oxygen atoms in total. The maximum atomic E-state index is 12.5. The number of hydrogen-bond donors (Lipinski definition) is 1. The van der Waals surface area contributed by atoms with Gasteiger partial charge in [-0.15, -0.1) is 0 Å². The summed E-state index contributed by atoms with van der Waals surface area (Å²) >= 11 is 0. The lowest BCUT2D eigenvalue weighted by Crippen LogP contribution is -2.37. The summed E-state index contributed by atoms with van der Waals surface area (Å²) < 4.78 is 5.80. The minimum absolute atomic E-state index is 0.0739. The SMILES string of the molecule is Cc1ccc(-c2cnc(CCC(=O)N[C@@H]3CC(=O)N([C@@H]4C[C@H]4c4ccccc4)C3)o2)cc1. The van der Waals surface area contributed by atoms with E-state index < -0.39 is 0 Å². The number of oxazole rings is 1. The zero-order valence-electron chi connectivity index (χ0n) is 18.2. The van der Waals surface area contributed by atoms with Crippen molar-refractivity contribution in [2.75, 3.05) is 6.54 Å². The largest absolute Gasteiger partial charge is 0.441 e. The van der Waals surface area contributed by atoms with Gasteiger partial charge in [-0.1, -0.05) is 60.2 Å². The quantitative estimate of drug-likeness (QED) is 0.619. The molecule has 3 aromatic rings. The number of amides is 2. The molecule has 1 aliphatic heterocycles. The van der Waals surface area contributed by atoms with Crippen LogP contribution in [0.2, 0.25) is 0 Å². The van der Waals surface area contributed by atoms with Gasteiger partial charge in [-0.2, -0.15) is 0 Å². The normalized spacial score (nSPS) is 22.2. The highest BCUT2D eigenvalue weighted by Gasteiger charge is 2.47. The van der Waals surface area contributed by atoms with Gasteiger partial charge in [-0.25, -0.2) is 4.98 Å². The molecule has 2 fully saturated rings. The number of hydrogen-bond acceptors (Lipinski definition) is 4. The summed E-state index contributed by atoms with van der Waals surface area (Å²) in [5.74, 6) is 1.73. The summed E-state index contributed by atoms with van der Waals surface area (Å²) in [5.41, 5.74) is 3.44. The lowest BCUT2D eigenvalue weighted by molar-refractivity contribution is -0.128. The van der Waals surface area contributed by atoms with Crippen molar-refractivity contribution in [2.45, 2.75) is 50.6 Å². The van der Waals surface area contributed by atoms with E-state index in [1.807, 2.05) is 54.3 Å². The third kappa shape index (κ3) is 4.44. The summed E-state index contributed by atoms with van der Waals surface area (Å²) in [6.07, 6.45) is 3.80. The van der Waals surface area contributed by atoms with Crippen molar-refractivity contribution >= 4 is 11.8 Å². The highest BCUT2D eigenvalue weighted by Crippen LogP contribution is 2.45. The molecule has 2 aromatic carbocycles. The highest BCUT2D eigenvalue weighted by atomic mass is 16.4. The molecular weight excluding hydrogens is 402 g/mol. The maximum Gasteiger partial charge on any atom is 0.225 e. The zero-order chi connectivity index (χ0) is 22.1. The Hall–Kier alpha value is -3.41. The van der Waals surface area contributed by atoms with Crippen LogP contribution in [0.4, 0.5) is 0 Å². The Morgan fingerprint density at radius 3 is 2.72 bits per heavy atom. The third-order valence-corrected chi connectivity index (χ3v) is 6.36. The van der Waals surface area contributed by atoms with E-state index in [1.54, 1.807) is 6.20 Å². The number of aryl methyl sites for hydroxylation is 2. The second-order valence-electron chi connectivity index (χ2n) is 8.82. The number of nitrogens with one attached hydrogen (secondary N) is 1. The molecule has 0 bridgehead atoms. The fourth-order valence-electron chi connectivity index (χ4n) is 4.53. The molecule has 1 aliphatic carbocycles. The van der Waals surface area contributed by atoms with Crippen molar-refractivity contribution in [2.24, 2.45) is 0 Å². The lowest BCUT2D eigenvalue weighted by atomic mass is 10.1. The zero-order valence-corrected chi connectivity index (χ0v) is 18.2. The lowest BCUT2D eigenvalue weighted by Gasteiger charge is -2.17. The Bertz CT molecular complexity index is 1110. The number of benzene rings is 2. The van der Waals surface area contributed by atoms with Gasteiger partial charge in [-0.3, -0.25) is 9.59 Å². The Labute approximate surface area is 187 Å². The van der Waals surface area contributed by atoms with Crippen molar-refractivity contribution in [1.82, 2.24) is 15.2 Å². The van der Waals surface area contributed by atoms with E-state index >= 15 is 0 Å². The second-order valence-corrected chi connectivity index (χ2v) is 8.82. The van der Waals surface area contributed by atoms with Gasteiger partial charge in [0.25, 0.3) is 0 Å². The molecule has 0 unspecified atom stereocenters. The molecule has 32 heavy (non-hydrogen) atoms. The first-order chi connectivity index (χ1) is 15.6. The topological polar surface area (TPSA) is 75.4 Å². The van der Waals surface area contributed by atoms with Crippen molar-refractivity contribution < 1.29 is 14.0 Å². The van der Waals surface area contributed by atoms with E-state index in [1.165, 1.54) is 11.1 Å². The van der Waals surface area contributed by atoms with Crippen molar-refractivity contribution in [3.05, 3.63) is 77.8 Å². The van der Waals surface area contributed by atoms with Gasteiger partial charge in [0.1, 0.15) is 0 Å². The molecule has 0 radical (unpaired) electrons. The van der Waals surface area contributed by atoms with Crippen LogP contribution in [0.5, 0.6) is 0 Å². The van der Waals surface area contributed by atoms with Crippen LogP contribution in [0.15, 0.2) is 65.2 Å². The number of carbonyl (C=O) groups is 2. The molecule has 1 aromatic heterocycles. The van der Waals surface area contributed by atoms with Gasteiger partial charge in [0.05, 0.1) is 12.2 Å². The van der Waals surface area contributed by atoms with Gasteiger partial charge in [0.15, 0.2) is 11.7 Å².